The molecule has 2 unspecified atom stereocenters. The number of esters is 1. The topological polar surface area (TPSA) is 56.8 Å². The third kappa shape index (κ3) is 4.26. The van der Waals surface area contributed by atoms with E-state index in [1.807, 2.05) is 30.3 Å². The smallest absolute Gasteiger partial charge is 0.337 e. The Balaban J connectivity index is 1.45. The Bertz CT molecular complexity index is 657. The number of carbonyl (C=O) groups is 1. The van der Waals surface area contributed by atoms with Gasteiger partial charge in [0.2, 0.25) is 0 Å². The van der Waals surface area contributed by atoms with Crippen molar-refractivity contribution in [2.45, 2.75) is 18.6 Å². The molecule has 0 amide bonds. The van der Waals surface area contributed by atoms with Gasteiger partial charge in [0, 0.05) is 19.0 Å². The standard InChI is InChI=1S/C19H21NO4/c1-22-19(21)14-7-9-16(10-8-14)23-13-15-11-18(12-20-15)24-17-5-3-2-4-6-17/h2-10,15,18,20H,11-13H2,1H3. The molecule has 1 N–H and O–H groups in total. The summed E-state index contributed by atoms with van der Waals surface area (Å²) in [5.41, 5.74) is 0.514. The zero-order valence-electron chi connectivity index (χ0n) is 13.6. The highest BCUT2D eigenvalue weighted by Gasteiger charge is 2.26. The lowest BCUT2D eigenvalue weighted by atomic mass is 10.2. The van der Waals surface area contributed by atoms with Crippen LogP contribution in [0.2, 0.25) is 0 Å². The number of benzene rings is 2. The van der Waals surface area contributed by atoms with Crippen LogP contribution in [-0.2, 0) is 4.74 Å². The van der Waals surface area contributed by atoms with Crippen molar-refractivity contribution < 1.29 is 19.0 Å². The van der Waals surface area contributed by atoms with Gasteiger partial charge in [0.1, 0.15) is 24.2 Å². The minimum Gasteiger partial charge on any atom is -0.492 e. The minimum atomic E-state index is -0.347. The van der Waals surface area contributed by atoms with E-state index in [4.69, 9.17) is 9.47 Å². The van der Waals surface area contributed by atoms with E-state index >= 15 is 0 Å². The summed E-state index contributed by atoms with van der Waals surface area (Å²) in [6.07, 6.45) is 1.05. The zero-order chi connectivity index (χ0) is 16.8. The number of hydrogen-bond donors (Lipinski definition) is 1. The zero-order valence-corrected chi connectivity index (χ0v) is 13.6. The maximum atomic E-state index is 11.4. The van der Waals surface area contributed by atoms with Gasteiger partial charge in [0.15, 0.2) is 0 Å². The molecule has 2 atom stereocenters. The van der Waals surface area contributed by atoms with Crippen molar-refractivity contribution in [1.29, 1.82) is 0 Å². The first-order valence-corrected chi connectivity index (χ1v) is 8.01. The Kier molecular flexibility index (Phi) is 5.33. The van der Waals surface area contributed by atoms with Crippen molar-refractivity contribution in [2.24, 2.45) is 0 Å². The van der Waals surface area contributed by atoms with Gasteiger partial charge in [-0.15, -0.1) is 0 Å². The molecule has 3 rings (SSSR count). The Morgan fingerprint density at radius 2 is 1.83 bits per heavy atom. The summed E-state index contributed by atoms with van der Waals surface area (Å²) >= 11 is 0. The van der Waals surface area contributed by atoms with Crippen LogP contribution in [0.5, 0.6) is 11.5 Å². The van der Waals surface area contributed by atoms with Crippen LogP contribution < -0.4 is 14.8 Å². The highest BCUT2D eigenvalue weighted by molar-refractivity contribution is 5.89. The van der Waals surface area contributed by atoms with E-state index in [-0.39, 0.29) is 18.1 Å². The molecule has 2 aromatic carbocycles. The monoisotopic (exact) mass is 327 g/mol. The largest absolute Gasteiger partial charge is 0.492 e. The number of methoxy groups -OCH3 is 1. The second kappa shape index (κ2) is 7.84. The molecule has 0 bridgehead atoms. The molecular weight excluding hydrogens is 306 g/mol. The van der Waals surface area contributed by atoms with E-state index < -0.39 is 0 Å². The van der Waals surface area contributed by atoms with Crippen molar-refractivity contribution >= 4 is 5.97 Å². The molecule has 2 aromatic rings. The summed E-state index contributed by atoms with van der Waals surface area (Å²) in [6, 6.07) is 17.0. The number of rotatable bonds is 6. The van der Waals surface area contributed by atoms with Gasteiger partial charge in [-0.3, -0.25) is 0 Å². The van der Waals surface area contributed by atoms with Crippen LogP contribution in [0, 0.1) is 0 Å². The van der Waals surface area contributed by atoms with Crippen molar-refractivity contribution in [3.05, 3.63) is 60.2 Å². The summed E-state index contributed by atoms with van der Waals surface area (Å²) in [7, 11) is 1.37. The molecule has 1 fully saturated rings. The Morgan fingerprint density at radius 1 is 1.08 bits per heavy atom. The van der Waals surface area contributed by atoms with Gasteiger partial charge in [-0.2, -0.15) is 0 Å². The van der Waals surface area contributed by atoms with E-state index in [2.05, 4.69) is 10.1 Å². The maximum absolute atomic E-state index is 11.4. The fourth-order valence-corrected chi connectivity index (χ4v) is 2.69. The molecule has 126 valence electrons. The SMILES string of the molecule is COC(=O)c1ccc(OCC2CC(Oc3ccccc3)CN2)cc1. The first-order valence-electron chi connectivity index (χ1n) is 8.01. The normalized spacial score (nSPS) is 19.7. The number of ether oxygens (including phenoxy) is 3. The molecule has 0 spiro atoms. The number of hydrogen-bond acceptors (Lipinski definition) is 5. The van der Waals surface area contributed by atoms with Gasteiger partial charge in [-0.1, -0.05) is 18.2 Å². The van der Waals surface area contributed by atoms with Gasteiger partial charge in [0.05, 0.1) is 12.7 Å². The molecule has 0 saturated carbocycles. The molecule has 1 aliphatic heterocycles. The van der Waals surface area contributed by atoms with Crippen molar-refractivity contribution in [2.75, 3.05) is 20.3 Å². The lowest BCUT2D eigenvalue weighted by molar-refractivity contribution is 0.0600. The molecule has 0 aromatic heterocycles. The molecule has 1 saturated heterocycles. The molecule has 0 radical (unpaired) electrons. The highest BCUT2D eigenvalue weighted by atomic mass is 16.5. The van der Waals surface area contributed by atoms with Crippen molar-refractivity contribution in [3.63, 3.8) is 0 Å². The maximum Gasteiger partial charge on any atom is 0.337 e. The molecule has 24 heavy (non-hydrogen) atoms. The van der Waals surface area contributed by atoms with Crippen LogP contribution in [-0.4, -0.2) is 38.4 Å². The average molecular weight is 327 g/mol. The molecule has 5 nitrogen and oxygen atoms in total. The summed E-state index contributed by atoms with van der Waals surface area (Å²) < 4.78 is 16.4. The summed E-state index contributed by atoms with van der Waals surface area (Å²) in [6.45, 7) is 1.37. The van der Waals surface area contributed by atoms with Gasteiger partial charge in [-0.25, -0.2) is 4.79 Å². The van der Waals surface area contributed by atoms with Crippen LogP contribution >= 0.6 is 0 Å². The molecule has 0 aliphatic carbocycles. The first kappa shape index (κ1) is 16.3. The minimum absolute atomic E-state index is 0.155. The predicted octanol–water partition coefficient (Wildman–Crippen LogP) is 2.66. The average Bonchev–Trinajstić information content (AvgIpc) is 3.08. The molecule has 1 aliphatic rings. The molecule has 1 heterocycles. The third-order valence-corrected chi connectivity index (χ3v) is 3.95. The van der Waals surface area contributed by atoms with Gasteiger partial charge >= 0.3 is 5.97 Å². The van der Waals surface area contributed by atoms with Gasteiger partial charge < -0.3 is 19.5 Å². The third-order valence-electron chi connectivity index (χ3n) is 3.95. The number of carbonyl (C=O) groups excluding carboxylic acids is 1. The van der Waals surface area contributed by atoms with E-state index in [1.54, 1.807) is 24.3 Å². The molecular formula is C19H21NO4. The quantitative estimate of drug-likeness (QED) is 0.827. The van der Waals surface area contributed by atoms with Crippen molar-refractivity contribution in [3.8, 4) is 11.5 Å². The first-order chi connectivity index (χ1) is 11.7. The van der Waals surface area contributed by atoms with Crippen LogP contribution in [0.1, 0.15) is 16.8 Å². The number of nitrogens with one attached hydrogen (secondary N) is 1. The van der Waals surface area contributed by atoms with Crippen LogP contribution in [0.3, 0.4) is 0 Å². The van der Waals surface area contributed by atoms with E-state index in [1.165, 1.54) is 7.11 Å². The fourth-order valence-electron chi connectivity index (χ4n) is 2.69. The van der Waals surface area contributed by atoms with E-state index in [9.17, 15) is 4.79 Å². The number of para-hydroxylation sites is 1. The fraction of sp³-hybridized carbons (Fsp3) is 0.316. The van der Waals surface area contributed by atoms with Crippen molar-refractivity contribution in [1.82, 2.24) is 5.32 Å². The Morgan fingerprint density at radius 3 is 2.54 bits per heavy atom. The van der Waals surface area contributed by atoms with Crippen LogP contribution in [0.15, 0.2) is 54.6 Å². The second-order valence-corrected chi connectivity index (χ2v) is 5.72. The summed E-state index contributed by atoms with van der Waals surface area (Å²) in [4.78, 5) is 11.4. The van der Waals surface area contributed by atoms with Crippen LogP contribution in [0.25, 0.3) is 0 Å². The van der Waals surface area contributed by atoms with E-state index in [0.29, 0.717) is 12.2 Å². The van der Waals surface area contributed by atoms with Gasteiger partial charge in [0.25, 0.3) is 0 Å². The Hall–Kier alpha value is -2.53. The lowest BCUT2D eigenvalue weighted by Gasteiger charge is -2.14. The highest BCUT2D eigenvalue weighted by Crippen LogP contribution is 2.18. The summed E-state index contributed by atoms with van der Waals surface area (Å²) in [5.74, 6) is 1.28. The van der Waals surface area contributed by atoms with Gasteiger partial charge in [-0.05, 0) is 36.4 Å². The predicted molar refractivity (Wildman–Crippen MR) is 90.5 cm³/mol. The van der Waals surface area contributed by atoms with Crippen LogP contribution in [0.4, 0.5) is 0 Å². The van der Waals surface area contributed by atoms with E-state index in [0.717, 1.165) is 24.5 Å². The second-order valence-electron chi connectivity index (χ2n) is 5.72. The Labute approximate surface area is 141 Å². The summed E-state index contributed by atoms with van der Waals surface area (Å²) in [5, 5.41) is 3.41. The molecule has 5 heteroatoms. The lowest BCUT2D eigenvalue weighted by Crippen LogP contribution is -2.28.